The minimum atomic E-state index is -8.88. The van der Waals surface area contributed by atoms with E-state index < -0.39 is 99.5 Å². The highest BCUT2D eigenvalue weighted by Gasteiger charge is 2.96. The van der Waals surface area contributed by atoms with Crippen LogP contribution in [0.1, 0.15) is 10.4 Å². The first kappa shape index (κ1) is 42.3. The minimum Gasteiger partial charge on any atom is -0.478 e. The van der Waals surface area contributed by atoms with Gasteiger partial charge in [0.05, 0.1) is 16.9 Å². The third-order valence-electron chi connectivity index (χ3n) is 6.28. The van der Waals surface area contributed by atoms with Crippen molar-refractivity contribution in [3.8, 4) is 0 Å². The Kier molecular flexibility index (Phi) is 11.1. The maximum atomic E-state index is 14.1. The molecular formula is C20H18F17N5O5S. The summed E-state index contributed by atoms with van der Waals surface area (Å²) >= 11 is 0. The van der Waals surface area contributed by atoms with Crippen LogP contribution in [-0.4, -0.2) is 108 Å². The smallest absolute Gasteiger partial charge is 0.460 e. The van der Waals surface area contributed by atoms with Crippen molar-refractivity contribution in [2.24, 2.45) is 5.73 Å². The number of para-hydroxylation sites is 1. The van der Waals surface area contributed by atoms with Crippen LogP contribution in [0.2, 0.25) is 0 Å². The van der Waals surface area contributed by atoms with Crippen LogP contribution in [0.4, 0.5) is 90.8 Å². The summed E-state index contributed by atoms with van der Waals surface area (Å²) in [7, 11) is -7.35. The van der Waals surface area contributed by atoms with Crippen LogP contribution >= 0.6 is 0 Å². The zero-order valence-corrected chi connectivity index (χ0v) is 23.4. The Morgan fingerprint density at radius 3 is 1.35 bits per heavy atom. The first-order valence-corrected chi connectivity index (χ1v) is 13.1. The number of carboxylic acid groups (broad SMARTS) is 1. The van der Waals surface area contributed by atoms with Crippen molar-refractivity contribution in [3.63, 3.8) is 0 Å². The molecule has 0 aromatic heterocycles. The predicted molar refractivity (Wildman–Crippen MR) is 125 cm³/mol. The van der Waals surface area contributed by atoms with E-state index in [1.165, 1.54) is 6.07 Å². The summed E-state index contributed by atoms with van der Waals surface area (Å²) in [5.41, 5.74) is 15.9. The van der Waals surface area contributed by atoms with Crippen LogP contribution in [0.5, 0.6) is 0 Å². The van der Waals surface area contributed by atoms with Gasteiger partial charge in [0.2, 0.25) is 0 Å². The second-order valence-electron chi connectivity index (χ2n) is 9.30. The summed E-state index contributed by atoms with van der Waals surface area (Å²) in [5.74, 6) is -52.9. The number of primary amides is 1. The molecule has 1 aromatic carbocycles. The van der Waals surface area contributed by atoms with Crippen molar-refractivity contribution < 1.29 is 97.8 Å². The molecule has 0 unspecified atom stereocenters. The number of nitrogens with zero attached hydrogens (tertiary/aromatic N) is 2. The zero-order chi connectivity index (χ0) is 38.5. The van der Waals surface area contributed by atoms with Gasteiger partial charge in [-0.3, -0.25) is 0 Å². The SMILES string of the molecule is NC(=O)N1CCN(S(=O)(=O)C(F)(F)C(F)(F)C(F)(F)C(F)(F)C(F)(F)C(F)(F)C(F)(F)C(F)(F)F)CC1.Nc1cccc(C(=O)O)c1N. The van der Waals surface area contributed by atoms with Crippen LogP contribution in [-0.2, 0) is 10.0 Å². The van der Waals surface area contributed by atoms with Gasteiger partial charge in [-0.05, 0) is 12.1 Å². The highest BCUT2D eigenvalue weighted by atomic mass is 32.2. The molecule has 10 nitrogen and oxygen atoms in total. The third-order valence-corrected chi connectivity index (χ3v) is 8.23. The van der Waals surface area contributed by atoms with E-state index in [1.807, 2.05) is 0 Å². The number of hydrogen-bond acceptors (Lipinski definition) is 6. The molecule has 2 amide bonds. The number of amides is 2. The van der Waals surface area contributed by atoms with Gasteiger partial charge in [0.1, 0.15) is 0 Å². The fraction of sp³-hybridized carbons (Fsp3) is 0.600. The van der Waals surface area contributed by atoms with Gasteiger partial charge in [-0.15, -0.1) is 0 Å². The van der Waals surface area contributed by atoms with Crippen LogP contribution in [0, 0.1) is 0 Å². The lowest BCUT2D eigenvalue weighted by Crippen LogP contribution is -2.75. The number of benzene rings is 1. The van der Waals surface area contributed by atoms with E-state index in [9.17, 15) is 92.6 Å². The van der Waals surface area contributed by atoms with Gasteiger partial charge < -0.3 is 27.2 Å². The number of nitrogen functional groups attached to an aromatic ring is 2. The number of piperazine rings is 1. The molecule has 1 aromatic rings. The summed E-state index contributed by atoms with van der Waals surface area (Å²) in [6.07, 6.45) is -7.89. The number of hydrogen-bond donors (Lipinski definition) is 4. The molecular weight excluding hydrogens is 745 g/mol. The fourth-order valence-electron chi connectivity index (χ4n) is 3.39. The number of aromatic carboxylic acids is 1. The molecule has 0 bridgehead atoms. The molecule has 0 radical (unpaired) electrons. The molecule has 2 rings (SSSR count). The monoisotopic (exact) mass is 763 g/mol. The molecule has 1 fully saturated rings. The molecule has 1 saturated heterocycles. The highest BCUT2D eigenvalue weighted by molar-refractivity contribution is 7.90. The molecule has 0 spiro atoms. The van der Waals surface area contributed by atoms with Crippen LogP contribution in [0.25, 0.3) is 0 Å². The number of nitrogens with two attached hydrogens (primary N) is 3. The number of carboxylic acids is 1. The van der Waals surface area contributed by atoms with E-state index in [0.29, 0.717) is 10.6 Å². The molecule has 28 heteroatoms. The maximum Gasteiger partial charge on any atom is 0.460 e. The second-order valence-corrected chi connectivity index (χ2v) is 11.3. The quantitative estimate of drug-likeness (QED) is 0.211. The summed E-state index contributed by atoms with van der Waals surface area (Å²) < 4.78 is 248. The van der Waals surface area contributed by atoms with Gasteiger partial charge in [-0.2, -0.15) is 78.9 Å². The van der Waals surface area contributed by atoms with E-state index in [1.54, 1.807) is 12.1 Å². The number of sulfonamides is 1. The number of alkyl halides is 17. The van der Waals surface area contributed by atoms with Gasteiger partial charge in [0.25, 0.3) is 10.0 Å². The van der Waals surface area contributed by atoms with Gasteiger partial charge in [0.15, 0.2) is 0 Å². The van der Waals surface area contributed by atoms with Gasteiger partial charge in [0, 0.05) is 26.2 Å². The first-order chi connectivity index (χ1) is 21.0. The molecule has 0 atom stereocenters. The fourth-order valence-corrected chi connectivity index (χ4v) is 4.81. The number of anilines is 2. The molecule has 278 valence electrons. The molecule has 7 N–H and O–H groups in total. The molecule has 0 aliphatic carbocycles. The number of carbonyl (C=O) groups is 2. The van der Waals surface area contributed by atoms with Gasteiger partial charge in [-0.1, -0.05) is 6.07 Å². The molecule has 48 heavy (non-hydrogen) atoms. The lowest BCUT2D eigenvalue weighted by molar-refractivity contribution is -0.458. The number of halogens is 17. The van der Waals surface area contributed by atoms with Gasteiger partial charge >= 0.3 is 59.0 Å². The van der Waals surface area contributed by atoms with Crippen molar-refractivity contribution in [3.05, 3.63) is 23.8 Å². The Morgan fingerprint density at radius 2 is 1.02 bits per heavy atom. The number of carbonyl (C=O) groups excluding carboxylic acids is 1. The summed E-state index contributed by atoms with van der Waals surface area (Å²) in [6, 6.07) is 3.17. The normalized spacial score (nSPS) is 16.6. The van der Waals surface area contributed by atoms with Crippen molar-refractivity contribution in [2.45, 2.75) is 47.0 Å². The first-order valence-electron chi connectivity index (χ1n) is 11.7. The Morgan fingerprint density at radius 1 is 0.646 bits per heavy atom. The number of urea groups is 1. The van der Waals surface area contributed by atoms with Crippen LogP contribution in [0.3, 0.4) is 0 Å². The molecule has 1 aliphatic rings. The summed E-state index contributed by atoms with van der Waals surface area (Å²) in [4.78, 5) is 21.8. The van der Waals surface area contributed by atoms with Crippen molar-refractivity contribution in [2.75, 3.05) is 37.6 Å². The lowest BCUT2D eigenvalue weighted by atomic mass is 9.91. The Bertz CT molecular complexity index is 1480. The Balaban J connectivity index is 0.000000879. The zero-order valence-electron chi connectivity index (χ0n) is 22.6. The van der Waals surface area contributed by atoms with E-state index in [4.69, 9.17) is 22.3 Å². The van der Waals surface area contributed by atoms with Crippen LogP contribution < -0.4 is 17.2 Å². The van der Waals surface area contributed by atoms with E-state index in [2.05, 4.69) is 0 Å². The topological polar surface area (TPSA) is 173 Å². The average Bonchev–Trinajstić information content (AvgIpc) is 2.93. The van der Waals surface area contributed by atoms with Crippen LogP contribution in [0.15, 0.2) is 18.2 Å². The standard InChI is InChI=1S/C13H10F17N3O3S.C7H8N2O2/c14-6(15,8(18,19)10(22,23)12(26,27)28)7(16,17)9(20,21)11(24,25)13(29,30)37(35,36)33-3-1-32(2-4-33)5(31)34;8-5-3-1-2-4(6(5)9)7(10)11/h1-4H2,(H2,31,34);1-3H,8-9H2,(H,10,11). The summed E-state index contributed by atoms with van der Waals surface area (Å²) in [5, 5.41) is 0.943. The summed E-state index contributed by atoms with van der Waals surface area (Å²) in [6.45, 7) is -4.94. The average molecular weight is 763 g/mol. The third kappa shape index (κ3) is 6.38. The van der Waals surface area contributed by atoms with Crippen molar-refractivity contribution in [1.29, 1.82) is 0 Å². The number of rotatable bonds is 9. The highest BCUT2D eigenvalue weighted by Crippen LogP contribution is 2.64. The van der Waals surface area contributed by atoms with E-state index >= 15 is 0 Å². The Hall–Kier alpha value is -3.72. The minimum absolute atomic E-state index is 0.0463. The van der Waals surface area contributed by atoms with Crippen molar-refractivity contribution >= 4 is 33.4 Å². The van der Waals surface area contributed by atoms with E-state index in [0.717, 1.165) is 0 Å². The van der Waals surface area contributed by atoms with E-state index in [-0.39, 0.29) is 11.3 Å². The maximum absolute atomic E-state index is 14.1. The largest absolute Gasteiger partial charge is 0.478 e. The lowest BCUT2D eigenvalue weighted by Gasteiger charge is -2.43. The molecule has 1 aliphatic heterocycles. The Labute approximate surface area is 255 Å². The predicted octanol–water partition coefficient (Wildman–Crippen LogP) is 4.53. The molecule has 0 saturated carbocycles. The van der Waals surface area contributed by atoms with Gasteiger partial charge in [-0.25, -0.2) is 18.0 Å². The van der Waals surface area contributed by atoms with Crippen molar-refractivity contribution in [1.82, 2.24) is 9.21 Å². The second kappa shape index (κ2) is 12.6. The molecule has 1 heterocycles.